The molecule has 6 N–H and O–H groups in total. The minimum Gasteiger partial charge on any atom is -0.396 e. The molecule has 0 unspecified atom stereocenters. The molecule has 0 amide bonds. The van der Waals surface area contributed by atoms with Crippen LogP contribution in [0.25, 0.3) is 0 Å². The molecule has 88 valence electrons. The number of aliphatic hydroxyl groups is 4. The maximum absolute atomic E-state index is 9.79. The van der Waals surface area contributed by atoms with Gasteiger partial charge in [0.15, 0.2) is 0 Å². The van der Waals surface area contributed by atoms with Crippen molar-refractivity contribution in [3.8, 4) is 0 Å². The number of fused-ring (bicyclic) bond motifs is 1. The van der Waals surface area contributed by atoms with Crippen molar-refractivity contribution in [1.29, 1.82) is 0 Å². The molecule has 15 heavy (non-hydrogen) atoms. The zero-order chi connectivity index (χ0) is 11.2. The van der Waals surface area contributed by atoms with Crippen molar-refractivity contribution in [2.45, 2.75) is 23.9 Å². The van der Waals surface area contributed by atoms with Crippen molar-refractivity contribution in [2.75, 3.05) is 19.8 Å². The minimum atomic E-state index is -0.903. The molecule has 6 atom stereocenters. The fourth-order valence-corrected chi connectivity index (χ4v) is 2.74. The van der Waals surface area contributed by atoms with E-state index in [9.17, 15) is 15.3 Å². The third kappa shape index (κ3) is 1.33. The smallest absolute Gasteiger partial charge is 0.125 e. The summed E-state index contributed by atoms with van der Waals surface area (Å²) in [4.78, 5) is 0. The van der Waals surface area contributed by atoms with Gasteiger partial charge >= 0.3 is 0 Å². The third-order valence-electron chi connectivity index (χ3n) is 3.75. The maximum atomic E-state index is 9.79. The highest BCUT2D eigenvalue weighted by Crippen LogP contribution is 2.52. The minimum absolute atomic E-state index is 0.244. The first-order valence-corrected chi connectivity index (χ1v) is 5.06. The molecule has 0 spiro atoms. The van der Waals surface area contributed by atoms with Gasteiger partial charge in [0.25, 0.3) is 0 Å². The monoisotopic (exact) mass is 219 g/mol. The first-order chi connectivity index (χ1) is 7.12. The van der Waals surface area contributed by atoms with Crippen LogP contribution in [0.1, 0.15) is 0 Å². The van der Waals surface area contributed by atoms with Gasteiger partial charge in [-0.1, -0.05) is 0 Å². The molecule has 1 saturated carbocycles. The van der Waals surface area contributed by atoms with Crippen molar-refractivity contribution in [1.82, 2.24) is 0 Å². The van der Waals surface area contributed by atoms with Gasteiger partial charge < -0.3 is 30.9 Å². The number of epoxide rings is 1. The Morgan fingerprint density at radius 1 is 1.20 bits per heavy atom. The Bertz CT molecular complexity index is 249. The van der Waals surface area contributed by atoms with Gasteiger partial charge in [-0.2, -0.15) is 0 Å². The fourth-order valence-electron chi connectivity index (χ4n) is 2.74. The maximum Gasteiger partial charge on any atom is 0.125 e. The molecule has 0 aromatic heterocycles. The molecule has 6 heteroatoms. The third-order valence-corrected chi connectivity index (χ3v) is 3.75. The first kappa shape index (κ1) is 11.3. The molecular weight excluding hydrogens is 202 g/mol. The van der Waals surface area contributed by atoms with E-state index in [0.29, 0.717) is 0 Å². The normalized spacial score (nSPS) is 53.8. The van der Waals surface area contributed by atoms with Gasteiger partial charge in [0.1, 0.15) is 11.7 Å². The highest BCUT2D eigenvalue weighted by atomic mass is 16.6. The molecule has 1 aliphatic heterocycles. The van der Waals surface area contributed by atoms with Crippen LogP contribution in [0.15, 0.2) is 0 Å². The predicted octanol–water partition coefficient (Wildman–Crippen LogP) is -2.96. The number of ether oxygens (including phenoxy) is 1. The summed E-state index contributed by atoms with van der Waals surface area (Å²) in [5.41, 5.74) is 4.87. The van der Waals surface area contributed by atoms with E-state index in [1.165, 1.54) is 0 Å². The van der Waals surface area contributed by atoms with Crippen molar-refractivity contribution < 1.29 is 25.2 Å². The van der Waals surface area contributed by atoms with Crippen molar-refractivity contribution in [3.05, 3.63) is 0 Å². The van der Waals surface area contributed by atoms with Crippen LogP contribution in [0.5, 0.6) is 0 Å². The van der Waals surface area contributed by atoms with E-state index in [0.717, 1.165) is 0 Å². The second-order valence-corrected chi connectivity index (χ2v) is 4.35. The van der Waals surface area contributed by atoms with E-state index in [2.05, 4.69) is 0 Å². The molecule has 0 radical (unpaired) electrons. The summed E-state index contributed by atoms with van der Waals surface area (Å²) < 4.78 is 5.33. The van der Waals surface area contributed by atoms with E-state index in [1.807, 2.05) is 0 Å². The molecule has 2 aliphatic rings. The Morgan fingerprint density at radius 3 is 2.33 bits per heavy atom. The molecule has 0 aromatic carbocycles. The fraction of sp³-hybridized carbons (Fsp3) is 1.00. The average molecular weight is 219 g/mol. The molecule has 0 bridgehead atoms. The van der Waals surface area contributed by atoms with Crippen LogP contribution >= 0.6 is 0 Å². The SMILES string of the molecule is N[C@H]1[C@H](O)[C@H](CO)[C@H](CO)[C@]2(CO)O[C@H]12. The van der Waals surface area contributed by atoms with Gasteiger partial charge in [-0.3, -0.25) is 0 Å². The van der Waals surface area contributed by atoms with E-state index in [4.69, 9.17) is 15.6 Å². The second kappa shape index (κ2) is 3.65. The highest BCUT2D eigenvalue weighted by Gasteiger charge is 2.70. The Labute approximate surface area is 87.3 Å². The molecule has 6 nitrogen and oxygen atoms in total. The molecule has 2 fully saturated rings. The van der Waals surface area contributed by atoms with Crippen LogP contribution in [0.3, 0.4) is 0 Å². The lowest BCUT2D eigenvalue weighted by atomic mass is 9.69. The summed E-state index contributed by atoms with van der Waals surface area (Å²) in [7, 11) is 0. The molecule has 1 heterocycles. The number of hydrogen-bond donors (Lipinski definition) is 5. The van der Waals surface area contributed by atoms with Gasteiger partial charge in [-0.25, -0.2) is 0 Å². The van der Waals surface area contributed by atoms with Crippen molar-refractivity contribution >= 4 is 0 Å². The molecular formula is C9H17NO5. The number of nitrogens with two attached hydrogens (primary N) is 1. The van der Waals surface area contributed by atoms with Crippen LogP contribution in [0.2, 0.25) is 0 Å². The van der Waals surface area contributed by atoms with Crippen LogP contribution in [0.4, 0.5) is 0 Å². The van der Waals surface area contributed by atoms with Crippen molar-refractivity contribution in [2.24, 2.45) is 17.6 Å². The standard InChI is InChI=1S/C9H17NO5/c10-6-7(14)4(1-11)5(2-12)9(3-13)8(6)15-9/h4-8,11-14H,1-3,10H2/t4-,5+,6+,7-,8-,9+/m1/s1. The lowest BCUT2D eigenvalue weighted by Gasteiger charge is -2.38. The summed E-state index contributed by atoms with van der Waals surface area (Å²) in [6.45, 7) is -0.774. The van der Waals surface area contributed by atoms with E-state index < -0.39 is 35.7 Å². The molecule has 2 rings (SSSR count). The lowest BCUT2D eigenvalue weighted by molar-refractivity contribution is -0.0478. The molecule has 1 aliphatic carbocycles. The van der Waals surface area contributed by atoms with Crippen LogP contribution in [-0.4, -0.2) is 64.1 Å². The lowest BCUT2D eigenvalue weighted by Crippen LogP contribution is -2.59. The van der Waals surface area contributed by atoms with Crippen LogP contribution in [-0.2, 0) is 4.74 Å². The Hall–Kier alpha value is -0.240. The summed E-state index contributed by atoms with van der Waals surface area (Å²) in [5, 5.41) is 37.4. The van der Waals surface area contributed by atoms with Crippen LogP contribution in [0, 0.1) is 11.8 Å². The summed E-state index contributed by atoms with van der Waals surface area (Å²) in [6.07, 6.45) is -1.32. The van der Waals surface area contributed by atoms with Gasteiger partial charge in [0.2, 0.25) is 0 Å². The highest BCUT2D eigenvalue weighted by molar-refractivity contribution is 5.18. The van der Waals surface area contributed by atoms with Gasteiger partial charge in [-0.05, 0) is 0 Å². The number of hydrogen-bond acceptors (Lipinski definition) is 6. The van der Waals surface area contributed by atoms with Crippen molar-refractivity contribution in [3.63, 3.8) is 0 Å². The van der Waals surface area contributed by atoms with Gasteiger partial charge in [0.05, 0.1) is 18.8 Å². The van der Waals surface area contributed by atoms with Gasteiger partial charge in [-0.15, -0.1) is 0 Å². The summed E-state index contributed by atoms with van der Waals surface area (Å²) in [6, 6.07) is -0.614. The molecule has 0 aromatic rings. The Kier molecular flexibility index (Phi) is 2.74. The van der Waals surface area contributed by atoms with E-state index in [1.54, 1.807) is 0 Å². The van der Waals surface area contributed by atoms with Crippen LogP contribution < -0.4 is 5.73 Å². The summed E-state index contributed by atoms with van der Waals surface area (Å²) in [5.74, 6) is -1.01. The average Bonchev–Trinajstić information content (AvgIpc) is 2.99. The first-order valence-electron chi connectivity index (χ1n) is 5.06. The largest absolute Gasteiger partial charge is 0.396 e. The predicted molar refractivity (Wildman–Crippen MR) is 49.8 cm³/mol. The summed E-state index contributed by atoms with van der Waals surface area (Å²) >= 11 is 0. The number of rotatable bonds is 3. The van der Waals surface area contributed by atoms with E-state index in [-0.39, 0.29) is 19.8 Å². The molecule has 1 saturated heterocycles. The van der Waals surface area contributed by atoms with Gasteiger partial charge in [0, 0.05) is 25.0 Å². The number of aliphatic hydroxyl groups excluding tert-OH is 4. The Balaban J connectivity index is 2.25. The topological polar surface area (TPSA) is 119 Å². The Morgan fingerprint density at radius 2 is 1.87 bits per heavy atom. The quantitative estimate of drug-likeness (QED) is 0.323. The van der Waals surface area contributed by atoms with E-state index >= 15 is 0 Å². The second-order valence-electron chi connectivity index (χ2n) is 4.35. The zero-order valence-corrected chi connectivity index (χ0v) is 8.28. The zero-order valence-electron chi connectivity index (χ0n) is 8.28.